The summed E-state index contributed by atoms with van der Waals surface area (Å²) < 4.78 is 5.11. The van der Waals surface area contributed by atoms with Crippen molar-refractivity contribution >= 4 is 6.09 Å². The zero-order valence-corrected chi connectivity index (χ0v) is 8.68. The number of hydrogen-bond donors (Lipinski definition) is 2. The topological polar surface area (TPSA) is 50.4 Å². The SMILES string of the molecule is C[C@H]1NC[C@@H]1NC(=O)OC(C)(C)C. The van der Waals surface area contributed by atoms with E-state index < -0.39 is 5.60 Å². The van der Waals surface area contributed by atoms with Gasteiger partial charge in [-0.25, -0.2) is 4.79 Å². The van der Waals surface area contributed by atoms with Crippen molar-refractivity contribution in [1.82, 2.24) is 10.6 Å². The molecule has 0 bridgehead atoms. The number of carbonyl (C=O) groups is 1. The average molecular weight is 186 g/mol. The van der Waals surface area contributed by atoms with E-state index in [1.165, 1.54) is 0 Å². The Morgan fingerprint density at radius 1 is 1.54 bits per heavy atom. The Hall–Kier alpha value is -0.770. The van der Waals surface area contributed by atoms with Crippen LogP contribution in [0.3, 0.4) is 0 Å². The van der Waals surface area contributed by atoms with Crippen LogP contribution in [0.4, 0.5) is 4.79 Å². The van der Waals surface area contributed by atoms with Gasteiger partial charge >= 0.3 is 6.09 Å². The maximum atomic E-state index is 11.2. The Kier molecular flexibility index (Phi) is 2.81. The summed E-state index contributed by atoms with van der Waals surface area (Å²) in [4.78, 5) is 11.2. The van der Waals surface area contributed by atoms with E-state index in [0.717, 1.165) is 6.54 Å². The molecule has 0 aromatic carbocycles. The quantitative estimate of drug-likeness (QED) is 0.639. The second-order valence-corrected chi connectivity index (χ2v) is 4.45. The number of amides is 1. The first-order chi connectivity index (χ1) is 5.88. The zero-order valence-electron chi connectivity index (χ0n) is 8.68. The fourth-order valence-corrected chi connectivity index (χ4v) is 1.11. The third kappa shape index (κ3) is 3.22. The highest BCUT2D eigenvalue weighted by Crippen LogP contribution is 2.08. The first-order valence-corrected chi connectivity index (χ1v) is 4.61. The summed E-state index contributed by atoms with van der Waals surface area (Å²) in [6.07, 6.45) is -0.328. The van der Waals surface area contributed by atoms with Crippen molar-refractivity contribution in [3.63, 3.8) is 0 Å². The lowest BCUT2D eigenvalue weighted by molar-refractivity contribution is 0.0468. The molecule has 1 aliphatic rings. The number of nitrogens with one attached hydrogen (secondary N) is 2. The van der Waals surface area contributed by atoms with Crippen LogP contribution in [-0.4, -0.2) is 30.3 Å². The van der Waals surface area contributed by atoms with Gasteiger partial charge in [-0.3, -0.25) is 0 Å². The predicted molar refractivity (Wildman–Crippen MR) is 50.6 cm³/mol. The van der Waals surface area contributed by atoms with Crippen LogP contribution in [0.25, 0.3) is 0 Å². The molecule has 1 aliphatic heterocycles. The normalized spacial score (nSPS) is 27.7. The van der Waals surface area contributed by atoms with Crippen LogP contribution in [0, 0.1) is 0 Å². The average Bonchev–Trinajstić information content (AvgIpc) is 1.94. The van der Waals surface area contributed by atoms with Gasteiger partial charge in [0.1, 0.15) is 5.60 Å². The fourth-order valence-electron chi connectivity index (χ4n) is 1.11. The van der Waals surface area contributed by atoms with Crippen LogP contribution in [0.5, 0.6) is 0 Å². The van der Waals surface area contributed by atoms with E-state index >= 15 is 0 Å². The van der Waals surface area contributed by atoms with E-state index in [1.807, 2.05) is 27.7 Å². The summed E-state index contributed by atoms with van der Waals surface area (Å²) in [7, 11) is 0. The number of hydrogen-bond acceptors (Lipinski definition) is 3. The minimum atomic E-state index is -0.412. The molecule has 76 valence electrons. The van der Waals surface area contributed by atoms with Crippen molar-refractivity contribution in [2.24, 2.45) is 0 Å². The van der Waals surface area contributed by atoms with Crippen molar-refractivity contribution in [1.29, 1.82) is 0 Å². The molecule has 1 heterocycles. The Morgan fingerprint density at radius 3 is 2.46 bits per heavy atom. The molecule has 2 N–H and O–H groups in total. The predicted octanol–water partition coefficient (Wildman–Crippen LogP) is 0.871. The summed E-state index contributed by atoms with van der Waals surface area (Å²) in [5.41, 5.74) is -0.412. The molecule has 0 aromatic rings. The van der Waals surface area contributed by atoms with Crippen LogP contribution in [0.2, 0.25) is 0 Å². The van der Waals surface area contributed by atoms with E-state index in [4.69, 9.17) is 4.74 Å². The highest BCUT2D eigenvalue weighted by molar-refractivity contribution is 5.68. The maximum absolute atomic E-state index is 11.2. The molecule has 1 rings (SSSR count). The van der Waals surface area contributed by atoms with Gasteiger partial charge in [0.05, 0.1) is 6.04 Å². The third-order valence-electron chi connectivity index (χ3n) is 1.97. The summed E-state index contributed by atoms with van der Waals surface area (Å²) in [6.45, 7) is 8.44. The first kappa shape index (κ1) is 10.3. The van der Waals surface area contributed by atoms with Crippen molar-refractivity contribution in [3.05, 3.63) is 0 Å². The number of alkyl carbamates (subject to hydrolysis) is 1. The van der Waals surface area contributed by atoms with Gasteiger partial charge in [0.2, 0.25) is 0 Å². The number of carbonyl (C=O) groups excluding carboxylic acids is 1. The minimum Gasteiger partial charge on any atom is -0.444 e. The van der Waals surface area contributed by atoms with Crippen LogP contribution in [-0.2, 0) is 4.74 Å². The van der Waals surface area contributed by atoms with Gasteiger partial charge in [0, 0.05) is 12.6 Å². The Balaban J connectivity index is 2.25. The molecule has 1 saturated heterocycles. The second-order valence-electron chi connectivity index (χ2n) is 4.45. The van der Waals surface area contributed by atoms with E-state index in [0.29, 0.717) is 6.04 Å². The maximum Gasteiger partial charge on any atom is 0.407 e. The molecule has 1 fully saturated rings. The third-order valence-corrected chi connectivity index (χ3v) is 1.97. The lowest BCUT2D eigenvalue weighted by Crippen LogP contribution is -2.63. The minimum absolute atomic E-state index is 0.217. The molecule has 0 radical (unpaired) electrons. The van der Waals surface area contributed by atoms with Gasteiger partial charge in [-0.05, 0) is 27.7 Å². The Bertz CT molecular complexity index is 198. The summed E-state index contributed by atoms with van der Waals surface area (Å²) >= 11 is 0. The van der Waals surface area contributed by atoms with Crippen LogP contribution in [0.1, 0.15) is 27.7 Å². The molecule has 0 spiro atoms. The molecule has 0 saturated carbocycles. The van der Waals surface area contributed by atoms with Gasteiger partial charge < -0.3 is 15.4 Å². The Morgan fingerprint density at radius 2 is 2.15 bits per heavy atom. The highest BCUT2D eigenvalue weighted by atomic mass is 16.6. The fraction of sp³-hybridized carbons (Fsp3) is 0.889. The number of ether oxygens (including phenoxy) is 1. The smallest absolute Gasteiger partial charge is 0.407 e. The molecule has 2 atom stereocenters. The van der Waals surface area contributed by atoms with Crippen LogP contribution >= 0.6 is 0 Å². The van der Waals surface area contributed by atoms with Crippen molar-refractivity contribution in [3.8, 4) is 0 Å². The van der Waals surface area contributed by atoms with E-state index in [1.54, 1.807) is 0 Å². The molecular formula is C9H18N2O2. The van der Waals surface area contributed by atoms with E-state index in [9.17, 15) is 4.79 Å². The summed E-state index contributed by atoms with van der Waals surface area (Å²) in [6, 6.07) is 0.572. The lowest BCUT2D eigenvalue weighted by atomic mass is 10.0. The summed E-state index contributed by atoms with van der Waals surface area (Å²) in [5.74, 6) is 0. The van der Waals surface area contributed by atoms with Gasteiger partial charge in [-0.15, -0.1) is 0 Å². The van der Waals surface area contributed by atoms with Gasteiger partial charge in [0.15, 0.2) is 0 Å². The van der Waals surface area contributed by atoms with E-state index in [-0.39, 0.29) is 12.1 Å². The highest BCUT2D eigenvalue weighted by Gasteiger charge is 2.29. The summed E-state index contributed by atoms with van der Waals surface area (Å²) in [5, 5.41) is 5.96. The second kappa shape index (κ2) is 3.54. The molecular weight excluding hydrogens is 168 g/mol. The standard InChI is InChI=1S/C9H18N2O2/c1-6-7(5-10-6)11-8(12)13-9(2,3)4/h6-7,10H,5H2,1-4H3,(H,11,12)/t6-,7+/m1/s1. The van der Waals surface area contributed by atoms with Crippen molar-refractivity contribution < 1.29 is 9.53 Å². The van der Waals surface area contributed by atoms with Gasteiger partial charge in [-0.1, -0.05) is 0 Å². The van der Waals surface area contributed by atoms with Crippen molar-refractivity contribution in [2.45, 2.75) is 45.4 Å². The molecule has 0 unspecified atom stereocenters. The monoisotopic (exact) mass is 186 g/mol. The molecule has 1 amide bonds. The van der Waals surface area contributed by atoms with Crippen molar-refractivity contribution in [2.75, 3.05) is 6.54 Å². The molecule has 13 heavy (non-hydrogen) atoms. The molecule has 4 heteroatoms. The Labute approximate surface area is 79.0 Å². The molecule has 4 nitrogen and oxygen atoms in total. The van der Waals surface area contributed by atoms with Gasteiger partial charge in [-0.2, -0.15) is 0 Å². The molecule has 0 aromatic heterocycles. The number of rotatable bonds is 1. The van der Waals surface area contributed by atoms with Crippen LogP contribution in [0.15, 0.2) is 0 Å². The largest absolute Gasteiger partial charge is 0.444 e. The van der Waals surface area contributed by atoms with E-state index in [2.05, 4.69) is 10.6 Å². The lowest BCUT2D eigenvalue weighted by Gasteiger charge is -2.36. The van der Waals surface area contributed by atoms with Crippen LogP contribution < -0.4 is 10.6 Å². The zero-order chi connectivity index (χ0) is 10.1. The first-order valence-electron chi connectivity index (χ1n) is 4.61. The molecule has 0 aliphatic carbocycles. The van der Waals surface area contributed by atoms with Gasteiger partial charge in [0.25, 0.3) is 0 Å².